The zero-order valence-corrected chi connectivity index (χ0v) is 9.35. The zero-order valence-electron chi connectivity index (χ0n) is 9.35. The molecule has 3 rings (SSSR count). The number of ether oxygens (including phenoxy) is 1. The van der Waals surface area contributed by atoms with Gasteiger partial charge in [-0.05, 0) is 12.8 Å². The third kappa shape index (κ3) is 2.11. The number of carbonyl (C=O) groups is 1. The highest BCUT2D eigenvalue weighted by Gasteiger charge is 2.23. The fourth-order valence-corrected chi connectivity index (χ4v) is 1.76. The summed E-state index contributed by atoms with van der Waals surface area (Å²) in [5.41, 5.74) is 5.41. The molecule has 0 bridgehead atoms. The molecule has 1 atom stereocenters. The van der Waals surface area contributed by atoms with Gasteiger partial charge in [-0.3, -0.25) is 4.79 Å². The maximum atomic E-state index is 11.0. The summed E-state index contributed by atoms with van der Waals surface area (Å²) in [5.74, 6) is 6.95. The van der Waals surface area contributed by atoms with Gasteiger partial charge in [-0.1, -0.05) is 11.8 Å². The second-order valence-corrected chi connectivity index (χ2v) is 4.41. The van der Waals surface area contributed by atoms with E-state index in [4.69, 9.17) is 10.5 Å². The molecular formula is C12H13N3O2. The van der Waals surface area contributed by atoms with Crippen LogP contribution in [0.4, 0.5) is 0 Å². The lowest BCUT2D eigenvalue weighted by Crippen LogP contribution is -2.24. The van der Waals surface area contributed by atoms with Crippen LogP contribution in [0, 0.1) is 17.8 Å². The van der Waals surface area contributed by atoms with Crippen LogP contribution in [-0.4, -0.2) is 21.8 Å². The van der Waals surface area contributed by atoms with Crippen molar-refractivity contribution in [1.82, 2.24) is 9.78 Å². The van der Waals surface area contributed by atoms with Crippen LogP contribution in [0.5, 0.6) is 5.88 Å². The SMILES string of the molecule is NC(=O)c1cc2n(n1)CCC(C#CC1CC1)O2. The van der Waals surface area contributed by atoms with Crippen molar-refractivity contribution in [2.24, 2.45) is 11.7 Å². The minimum Gasteiger partial charge on any atom is -0.461 e. The molecule has 1 aromatic rings. The van der Waals surface area contributed by atoms with Crippen LogP contribution in [0.2, 0.25) is 0 Å². The first-order chi connectivity index (χ1) is 8.22. The summed E-state index contributed by atoms with van der Waals surface area (Å²) in [4.78, 5) is 11.0. The molecule has 0 saturated heterocycles. The van der Waals surface area contributed by atoms with Crippen LogP contribution in [-0.2, 0) is 6.54 Å². The van der Waals surface area contributed by atoms with E-state index >= 15 is 0 Å². The first-order valence-electron chi connectivity index (χ1n) is 5.78. The number of hydrogen-bond acceptors (Lipinski definition) is 3. The van der Waals surface area contributed by atoms with Gasteiger partial charge >= 0.3 is 0 Å². The van der Waals surface area contributed by atoms with Gasteiger partial charge < -0.3 is 10.5 Å². The largest absolute Gasteiger partial charge is 0.461 e. The Balaban J connectivity index is 1.76. The fraction of sp³-hybridized carbons (Fsp3) is 0.500. The Morgan fingerprint density at radius 1 is 1.47 bits per heavy atom. The van der Waals surface area contributed by atoms with Gasteiger partial charge in [-0.2, -0.15) is 5.10 Å². The van der Waals surface area contributed by atoms with Crippen molar-refractivity contribution in [2.75, 3.05) is 0 Å². The predicted octanol–water partition coefficient (Wildman–Crippen LogP) is 0.546. The molecule has 1 aromatic heterocycles. The monoisotopic (exact) mass is 231 g/mol. The molecule has 2 N–H and O–H groups in total. The molecule has 88 valence electrons. The van der Waals surface area contributed by atoms with Crippen molar-refractivity contribution in [3.05, 3.63) is 11.8 Å². The summed E-state index contributed by atoms with van der Waals surface area (Å²) in [6.45, 7) is 0.715. The minimum atomic E-state index is -0.531. The topological polar surface area (TPSA) is 70.1 Å². The number of aromatic nitrogens is 2. The number of nitrogens with two attached hydrogens (primary N) is 1. The predicted molar refractivity (Wildman–Crippen MR) is 60.3 cm³/mol. The van der Waals surface area contributed by atoms with Gasteiger partial charge in [0.05, 0.1) is 0 Å². The Hall–Kier alpha value is -1.96. The van der Waals surface area contributed by atoms with Crippen molar-refractivity contribution in [3.63, 3.8) is 0 Å². The number of nitrogens with zero attached hydrogens (tertiary/aromatic N) is 2. The smallest absolute Gasteiger partial charge is 0.269 e. The lowest BCUT2D eigenvalue weighted by molar-refractivity contribution is 0.0994. The fourth-order valence-electron chi connectivity index (χ4n) is 1.76. The minimum absolute atomic E-state index is 0.0828. The molecule has 5 heteroatoms. The van der Waals surface area contributed by atoms with Crippen LogP contribution >= 0.6 is 0 Å². The van der Waals surface area contributed by atoms with E-state index in [-0.39, 0.29) is 11.8 Å². The van der Waals surface area contributed by atoms with E-state index in [1.807, 2.05) is 0 Å². The number of primary amides is 1. The third-order valence-electron chi connectivity index (χ3n) is 2.89. The van der Waals surface area contributed by atoms with E-state index in [0.29, 0.717) is 18.3 Å². The highest BCUT2D eigenvalue weighted by atomic mass is 16.5. The van der Waals surface area contributed by atoms with Gasteiger partial charge in [-0.25, -0.2) is 4.68 Å². The molecule has 2 heterocycles. The Bertz CT molecular complexity index is 520. The molecule has 1 unspecified atom stereocenters. The van der Waals surface area contributed by atoms with Crippen LogP contribution in [0.3, 0.4) is 0 Å². The van der Waals surface area contributed by atoms with E-state index < -0.39 is 5.91 Å². The summed E-state index contributed by atoms with van der Waals surface area (Å²) in [6.07, 6.45) is 3.14. The molecule has 2 aliphatic rings. The Morgan fingerprint density at radius 3 is 3.00 bits per heavy atom. The summed E-state index contributed by atoms with van der Waals surface area (Å²) in [7, 11) is 0. The molecule has 1 aliphatic heterocycles. The molecule has 1 fully saturated rings. The van der Waals surface area contributed by atoms with Crippen LogP contribution in [0.25, 0.3) is 0 Å². The first-order valence-corrected chi connectivity index (χ1v) is 5.78. The summed E-state index contributed by atoms with van der Waals surface area (Å²) in [6, 6.07) is 1.58. The number of aryl methyl sites for hydroxylation is 1. The van der Waals surface area contributed by atoms with E-state index in [1.54, 1.807) is 10.7 Å². The lowest BCUT2D eigenvalue weighted by Gasteiger charge is -2.20. The lowest BCUT2D eigenvalue weighted by atomic mass is 10.2. The summed E-state index contributed by atoms with van der Waals surface area (Å²) < 4.78 is 7.32. The highest BCUT2D eigenvalue weighted by Crippen LogP contribution is 2.28. The quantitative estimate of drug-likeness (QED) is 0.717. The molecule has 0 radical (unpaired) electrons. The Morgan fingerprint density at radius 2 is 2.29 bits per heavy atom. The third-order valence-corrected chi connectivity index (χ3v) is 2.89. The normalized spacial score (nSPS) is 22.0. The molecule has 1 saturated carbocycles. The molecule has 17 heavy (non-hydrogen) atoms. The zero-order chi connectivity index (χ0) is 11.8. The Kier molecular flexibility index (Phi) is 2.29. The maximum absolute atomic E-state index is 11.0. The van der Waals surface area contributed by atoms with Crippen LogP contribution in [0.1, 0.15) is 29.8 Å². The first kappa shape index (κ1) is 10.2. The molecule has 5 nitrogen and oxygen atoms in total. The number of carbonyl (C=O) groups excluding carboxylic acids is 1. The second kappa shape index (κ2) is 3.81. The average molecular weight is 231 g/mol. The average Bonchev–Trinajstić information content (AvgIpc) is 3.03. The highest BCUT2D eigenvalue weighted by molar-refractivity contribution is 5.91. The van der Waals surface area contributed by atoms with Gasteiger partial charge in [0.2, 0.25) is 5.88 Å². The van der Waals surface area contributed by atoms with Crippen molar-refractivity contribution < 1.29 is 9.53 Å². The molecule has 0 spiro atoms. The van der Waals surface area contributed by atoms with Gasteiger partial charge in [0.1, 0.15) is 0 Å². The summed E-state index contributed by atoms with van der Waals surface area (Å²) >= 11 is 0. The van der Waals surface area contributed by atoms with Crippen molar-refractivity contribution in [1.29, 1.82) is 0 Å². The van der Waals surface area contributed by atoms with Gasteiger partial charge in [0, 0.05) is 24.9 Å². The van der Waals surface area contributed by atoms with Crippen molar-refractivity contribution in [3.8, 4) is 17.7 Å². The maximum Gasteiger partial charge on any atom is 0.269 e. The molecule has 0 aromatic carbocycles. The molecule has 1 amide bonds. The Labute approximate surface area is 98.9 Å². The van der Waals surface area contributed by atoms with E-state index in [2.05, 4.69) is 16.9 Å². The van der Waals surface area contributed by atoms with Gasteiger partial charge in [0.25, 0.3) is 5.91 Å². The standard InChI is InChI=1S/C12H13N3O2/c13-12(16)10-7-11-15(14-10)6-5-9(17-11)4-3-8-1-2-8/h7-9H,1-2,5-6H2,(H2,13,16). The number of hydrogen-bond donors (Lipinski definition) is 1. The number of rotatable bonds is 1. The number of fused-ring (bicyclic) bond motifs is 1. The summed E-state index contributed by atoms with van der Waals surface area (Å²) in [5, 5.41) is 4.06. The van der Waals surface area contributed by atoms with Crippen molar-refractivity contribution >= 4 is 5.91 Å². The van der Waals surface area contributed by atoms with Gasteiger partial charge in [-0.15, -0.1) is 0 Å². The molecule has 1 aliphatic carbocycles. The number of amides is 1. The van der Waals surface area contributed by atoms with Crippen LogP contribution in [0.15, 0.2) is 6.07 Å². The van der Waals surface area contributed by atoms with E-state index in [0.717, 1.165) is 6.42 Å². The second-order valence-electron chi connectivity index (χ2n) is 4.41. The van der Waals surface area contributed by atoms with Gasteiger partial charge in [0.15, 0.2) is 11.8 Å². The van der Waals surface area contributed by atoms with E-state index in [9.17, 15) is 4.79 Å². The van der Waals surface area contributed by atoms with Crippen molar-refractivity contribution in [2.45, 2.75) is 31.9 Å². The molecular weight excluding hydrogens is 218 g/mol. The van der Waals surface area contributed by atoms with Crippen LogP contribution < -0.4 is 10.5 Å². The van der Waals surface area contributed by atoms with E-state index in [1.165, 1.54) is 12.8 Å².